The monoisotopic (exact) mass is 404 g/mol. The summed E-state index contributed by atoms with van der Waals surface area (Å²) in [6, 6.07) is -0.409. The van der Waals surface area contributed by atoms with Crippen LogP contribution in [0.25, 0.3) is 16.9 Å². The van der Waals surface area contributed by atoms with Crippen LogP contribution in [0.3, 0.4) is 0 Å². The zero-order valence-corrected chi connectivity index (χ0v) is 15.9. The number of aromatic amines is 1. The lowest BCUT2D eigenvalue weighted by Gasteiger charge is -2.26. The van der Waals surface area contributed by atoms with E-state index in [1.165, 1.54) is 0 Å². The fourth-order valence-corrected chi connectivity index (χ4v) is 3.93. The van der Waals surface area contributed by atoms with Gasteiger partial charge in [-0.3, -0.25) is 5.10 Å². The van der Waals surface area contributed by atoms with Gasteiger partial charge in [-0.05, 0) is 6.42 Å². The number of hydrogen-bond donors (Lipinski definition) is 2. The van der Waals surface area contributed by atoms with Crippen LogP contribution < -0.4 is 10.2 Å². The van der Waals surface area contributed by atoms with Crippen molar-refractivity contribution >= 4 is 17.3 Å². The Balaban J connectivity index is 1.56. The van der Waals surface area contributed by atoms with Gasteiger partial charge in [0.05, 0.1) is 18.8 Å². The normalized spacial score (nSPS) is 27.6. The first-order valence-electron chi connectivity index (χ1n) is 9.72. The van der Waals surface area contributed by atoms with Crippen molar-refractivity contribution in [1.29, 1.82) is 0 Å². The highest BCUT2D eigenvalue weighted by Crippen LogP contribution is 2.36. The number of H-pyrrole nitrogens is 1. The van der Waals surface area contributed by atoms with Gasteiger partial charge in [-0.2, -0.15) is 14.6 Å². The Morgan fingerprint density at radius 3 is 2.90 bits per heavy atom. The summed E-state index contributed by atoms with van der Waals surface area (Å²) in [5.41, 5.74) is 2.68. The Labute approximate surface area is 165 Å². The average molecular weight is 404 g/mol. The molecule has 4 atom stereocenters. The maximum absolute atomic E-state index is 14.3. The summed E-state index contributed by atoms with van der Waals surface area (Å²) in [5.74, 6) is 0.221. The second-order valence-corrected chi connectivity index (χ2v) is 7.66. The summed E-state index contributed by atoms with van der Waals surface area (Å²) in [7, 11) is 0. The molecule has 0 bridgehead atoms. The Morgan fingerprint density at radius 1 is 1.28 bits per heavy atom. The first-order chi connectivity index (χ1) is 14.1. The van der Waals surface area contributed by atoms with Crippen molar-refractivity contribution in [3.05, 3.63) is 18.7 Å². The summed E-state index contributed by atoms with van der Waals surface area (Å²) in [5, 5.41) is 14.3. The second-order valence-electron chi connectivity index (χ2n) is 7.66. The lowest BCUT2D eigenvalue weighted by Crippen LogP contribution is -2.39. The third-order valence-electron chi connectivity index (χ3n) is 5.57. The number of alkyl halides is 2. The number of aromatic nitrogens is 6. The Morgan fingerprint density at radius 2 is 2.17 bits per heavy atom. The van der Waals surface area contributed by atoms with Crippen LogP contribution in [0.2, 0.25) is 0 Å². The minimum absolute atomic E-state index is 0.0615. The summed E-state index contributed by atoms with van der Waals surface area (Å²) in [6.07, 6.45) is 3.45. The van der Waals surface area contributed by atoms with Gasteiger partial charge in [-0.1, -0.05) is 6.92 Å². The third-order valence-corrected chi connectivity index (χ3v) is 5.57. The molecule has 0 radical (unpaired) electrons. The molecule has 154 valence electrons. The lowest BCUT2D eigenvalue weighted by molar-refractivity contribution is 0.0284. The van der Waals surface area contributed by atoms with E-state index < -0.39 is 18.4 Å². The first-order valence-corrected chi connectivity index (χ1v) is 9.72. The van der Waals surface area contributed by atoms with E-state index in [2.05, 4.69) is 30.6 Å². The molecule has 5 heterocycles. The molecule has 0 spiro atoms. The molecule has 0 aromatic carbocycles. The van der Waals surface area contributed by atoms with E-state index in [1.807, 2.05) is 11.8 Å². The quantitative estimate of drug-likeness (QED) is 0.685. The zero-order chi connectivity index (χ0) is 20.0. The number of anilines is 2. The van der Waals surface area contributed by atoms with E-state index in [0.29, 0.717) is 42.5 Å². The second kappa shape index (κ2) is 7.21. The van der Waals surface area contributed by atoms with E-state index in [-0.39, 0.29) is 19.1 Å². The topological polar surface area (TPSA) is 96.3 Å². The number of rotatable bonds is 4. The molecule has 9 nitrogen and oxygen atoms in total. The summed E-state index contributed by atoms with van der Waals surface area (Å²) >= 11 is 0. The average Bonchev–Trinajstić information content (AvgIpc) is 3.43. The Bertz CT molecular complexity index is 983. The Kier molecular flexibility index (Phi) is 4.53. The number of nitrogens with one attached hydrogen (secondary N) is 2. The molecule has 3 aromatic heterocycles. The van der Waals surface area contributed by atoms with Crippen LogP contribution >= 0.6 is 0 Å². The minimum Gasteiger partial charge on any atom is -0.378 e. The highest BCUT2D eigenvalue weighted by Gasteiger charge is 2.34. The number of ether oxygens (including phenoxy) is 1. The number of halogens is 2. The maximum atomic E-state index is 14.3. The minimum atomic E-state index is -1.12. The molecule has 0 aliphatic carbocycles. The van der Waals surface area contributed by atoms with Crippen LogP contribution in [0.5, 0.6) is 0 Å². The predicted octanol–water partition coefficient (Wildman–Crippen LogP) is 1.85. The van der Waals surface area contributed by atoms with Crippen molar-refractivity contribution in [3.63, 3.8) is 0 Å². The number of hydrogen-bond acceptors (Lipinski definition) is 7. The van der Waals surface area contributed by atoms with Crippen molar-refractivity contribution in [3.8, 4) is 11.3 Å². The van der Waals surface area contributed by atoms with Crippen molar-refractivity contribution in [2.75, 3.05) is 36.5 Å². The molecule has 0 saturated carbocycles. The van der Waals surface area contributed by atoms with Crippen LogP contribution in [0.15, 0.2) is 18.7 Å². The molecule has 5 rings (SSSR count). The third kappa shape index (κ3) is 3.28. The van der Waals surface area contributed by atoms with E-state index in [0.717, 1.165) is 5.56 Å². The van der Waals surface area contributed by atoms with Crippen molar-refractivity contribution in [2.45, 2.75) is 31.7 Å². The van der Waals surface area contributed by atoms with Gasteiger partial charge in [-0.15, -0.1) is 5.10 Å². The molecule has 2 N–H and O–H groups in total. The number of nitrogens with zero attached hydrogens (tertiary/aromatic N) is 6. The van der Waals surface area contributed by atoms with E-state index >= 15 is 0 Å². The van der Waals surface area contributed by atoms with Gasteiger partial charge in [-0.25, -0.2) is 13.8 Å². The van der Waals surface area contributed by atoms with Gasteiger partial charge >= 0.3 is 0 Å². The van der Waals surface area contributed by atoms with Crippen LogP contribution in [-0.2, 0) is 4.74 Å². The molecular weight excluding hydrogens is 382 g/mol. The van der Waals surface area contributed by atoms with Gasteiger partial charge in [0.15, 0.2) is 5.65 Å². The molecule has 2 aliphatic rings. The molecule has 0 amide bonds. The first kappa shape index (κ1) is 18.2. The largest absolute Gasteiger partial charge is 0.378 e. The predicted molar refractivity (Wildman–Crippen MR) is 102 cm³/mol. The van der Waals surface area contributed by atoms with Crippen molar-refractivity contribution in [2.24, 2.45) is 5.92 Å². The maximum Gasteiger partial charge on any atom is 0.243 e. The molecule has 2 fully saturated rings. The molecule has 29 heavy (non-hydrogen) atoms. The fraction of sp³-hybridized carbons (Fsp3) is 0.556. The van der Waals surface area contributed by atoms with Crippen molar-refractivity contribution in [1.82, 2.24) is 29.8 Å². The Hall–Kier alpha value is -2.82. The van der Waals surface area contributed by atoms with Gasteiger partial charge in [0.1, 0.15) is 30.1 Å². The summed E-state index contributed by atoms with van der Waals surface area (Å²) in [6.45, 7) is 3.25. The fourth-order valence-electron chi connectivity index (χ4n) is 3.93. The van der Waals surface area contributed by atoms with Gasteiger partial charge in [0, 0.05) is 37.4 Å². The molecule has 11 heteroatoms. The number of fused-ring (bicyclic) bond motifs is 1. The van der Waals surface area contributed by atoms with Gasteiger partial charge in [0.2, 0.25) is 5.95 Å². The summed E-state index contributed by atoms with van der Waals surface area (Å²) < 4.78 is 35.1. The van der Waals surface area contributed by atoms with Gasteiger partial charge in [0.25, 0.3) is 0 Å². The SMILES string of the molecule is C[C@@H]1CN(c2c(-c3cn[nH]c3)ncn3nc(N[C@H]4CCOC[C@H]4F)nc23)C[C@@H]1F. The standard InChI is InChI=1S/C18H22F2N8O/c1-10-6-27(7-12(10)19)16-15(11-4-22-23-5-11)21-9-28-17(16)25-18(26-28)24-14-2-3-29-8-13(14)20/h4-5,9-10,12-14H,2-3,6-8H2,1H3,(H,22,23)(H,24,26)/t10-,12+,13-,14+/m1/s1. The highest BCUT2D eigenvalue weighted by atomic mass is 19.1. The van der Waals surface area contributed by atoms with Crippen LogP contribution in [0.1, 0.15) is 13.3 Å². The molecule has 0 unspecified atom stereocenters. The van der Waals surface area contributed by atoms with Crippen LogP contribution in [0, 0.1) is 5.92 Å². The van der Waals surface area contributed by atoms with E-state index in [9.17, 15) is 8.78 Å². The smallest absolute Gasteiger partial charge is 0.243 e. The summed E-state index contributed by atoms with van der Waals surface area (Å²) in [4.78, 5) is 11.1. The molecule has 2 aliphatic heterocycles. The zero-order valence-electron chi connectivity index (χ0n) is 15.9. The van der Waals surface area contributed by atoms with E-state index in [1.54, 1.807) is 23.2 Å². The molecule has 3 aromatic rings. The van der Waals surface area contributed by atoms with Crippen LogP contribution in [-0.4, -0.2) is 74.5 Å². The molecule has 2 saturated heterocycles. The highest BCUT2D eigenvalue weighted by molar-refractivity contribution is 5.85. The van der Waals surface area contributed by atoms with E-state index in [4.69, 9.17) is 4.74 Å². The van der Waals surface area contributed by atoms with Crippen LogP contribution in [0.4, 0.5) is 20.4 Å². The van der Waals surface area contributed by atoms with Gasteiger partial charge < -0.3 is 15.0 Å². The molecular formula is C18H22F2N8O. The lowest BCUT2D eigenvalue weighted by atomic mass is 10.1. The van der Waals surface area contributed by atoms with Crippen molar-refractivity contribution < 1.29 is 13.5 Å².